The molecule has 1 heterocycles. The highest BCUT2D eigenvalue weighted by molar-refractivity contribution is 4.72. The molecule has 3 heteroatoms. The smallest absolute Gasteiger partial charge is 0.0678 e. The lowest BCUT2D eigenvalue weighted by molar-refractivity contribution is -0.0705. The van der Waals surface area contributed by atoms with Crippen LogP contribution in [0, 0.1) is 0 Å². The van der Waals surface area contributed by atoms with Crippen molar-refractivity contribution in [3.63, 3.8) is 0 Å². The first-order valence-electron chi connectivity index (χ1n) is 4.21. The molecule has 1 N–H and O–H groups in total. The fourth-order valence-corrected chi connectivity index (χ4v) is 1.61. The van der Waals surface area contributed by atoms with Crippen LogP contribution in [0.1, 0.15) is 13.8 Å². The highest BCUT2D eigenvalue weighted by Gasteiger charge is 2.20. The van der Waals surface area contributed by atoms with Crippen LogP contribution in [0.3, 0.4) is 0 Å². The van der Waals surface area contributed by atoms with Crippen molar-refractivity contribution >= 4 is 0 Å². The van der Waals surface area contributed by atoms with E-state index in [0.717, 1.165) is 19.6 Å². The number of aliphatic hydroxyl groups excluding tert-OH is 1. The van der Waals surface area contributed by atoms with Gasteiger partial charge in [-0.15, -0.1) is 0 Å². The molecule has 0 unspecified atom stereocenters. The maximum atomic E-state index is 8.71. The summed E-state index contributed by atoms with van der Waals surface area (Å²) in [4.78, 5) is 2.23. The minimum absolute atomic E-state index is 0.249. The Balaban J connectivity index is 2.30. The predicted molar refractivity (Wildman–Crippen MR) is 43.5 cm³/mol. The third kappa shape index (κ3) is 2.77. The summed E-state index contributed by atoms with van der Waals surface area (Å²) in [5.74, 6) is 0. The lowest BCUT2D eigenvalue weighted by Gasteiger charge is -2.34. The molecule has 3 nitrogen and oxygen atoms in total. The zero-order valence-corrected chi connectivity index (χ0v) is 7.29. The molecule has 2 atom stereocenters. The molecule has 0 aromatic carbocycles. The van der Waals surface area contributed by atoms with Gasteiger partial charge in [0.2, 0.25) is 0 Å². The standard InChI is InChI=1S/C8H17NO2/c1-7-5-9(3-4-10)6-8(2)11-7/h7-8,10H,3-6H2,1-2H3/t7-,8-/m0/s1. The first kappa shape index (κ1) is 8.97. The number of aliphatic hydroxyl groups is 1. The monoisotopic (exact) mass is 159 g/mol. The Morgan fingerprint density at radius 2 is 1.91 bits per heavy atom. The zero-order valence-electron chi connectivity index (χ0n) is 7.29. The van der Waals surface area contributed by atoms with Gasteiger partial charge >= 0.3 is 0 Å². The van der Waals surface area contributed by atoms with Gasteiger partial charge in [-0.05, 0) is 13.8 Å². The summed E-state index contributed by atoms with van der Waals surface area (Å²) in [6, 6.07) is 0. The SMILES string of the molecule is C[C@H]1CN(CCO)C[C@H](C)O1. The van der Waals surface area contributed by atoms with Gasteiger partial charge in [0.1, 0.15) is 0 Å². The molecular weight excluding hydrogens is 142 g/mol. The van der Waals surface area contributed by atoms with E-state index in [-0.39, 0.29) is 6.61 Å². The number of ether oxygens (including phenoxy) is 1. The van der Waals surface area contributed by atoms with Crippen molar-refractivity contribution in [2.45, 2.75) is 26.1 Å². The van der Waals surface area contributed by atoms with Crippen molar-refractivity contribution in [3.8, 4) is 0 Å². The summed E-state index contributed by atoms with van der Waals surface area (Å²) in [5.41, 5.74) is 0. The van der Waals surface area contributed by atoms with E-state index >= 15 is 0 Å². The number of hydrogen-bond donors (Lipinski definition) is 1. The lowest BCUT2D eigenvalue weighted by atomic mass is 10.2. The molecule has 1 aliphatic rings. The first-order chi connectivity index (χ1) is 5.22. The van der Waals surface area contributed by atoms with E-state index in [2.05, 4.69) is 18.7 Å². The van der Waals surface area contributed by atoms with Crippen molar-refractivity contribution in [2.75, 3.05) is 26.2 Å². The highest BCUT2D eigenvalue weighted by atomic mass is 16.5. The zero-order chi connectivity index (χ0) is 8.27. The predicted octanol–water partition coefficient (Wildman–Crippen LogP) is 0.0879. The number of rotatable bonds is 2. The second-order valence-electron chi connectivity index (χ2n) is 3.24. The number of morpholine rings is 1. The molecule has 66 valence electrons. The van der Waals surface area contributed by atoms with Crippen molar-refractivity contribution in [1.29, 1.82) is 0 Å². The van der Waals surface area contributed by atoms with E-state index in [1.165, 1.54) is 0 Å². The first-order valence-corrected chi connectivity index (χ1v) is 4.21. The number of β-amino-alcohol motifs (C(OH)–C–C–N with tert-alkyl or cyclic N) is 1. The molecule has 11 heavy (non-hydrogen) atoms. The topological polar surface area (TPSA) is 32.7 Å². The Kier molecular flexibility index (Phi) is 3.30. The van der Waals surface area contributed by atoms with Crippen LogP contribution in [-0.2, 0) is 4.74 Å². The summed E-state index contributed by atoms with van der Waals surface area (Å²) in [6.07, 6.45) is 0.621. The molecule has 0 saturated carbocycles. The normalized spacial score (nSPS) is 34.1. The van der Waals surface area contributed by atoms with Crippen LogP contribution in [0.4, 0.5) is 0 Å². The summed E-state index contributed by atoms with van der Waals surface area (Å²) >= 11 is 0. The van der Waals surface area contributed by atoms with E-state index in [1.807, 2.05) is 0 Å². The van der Waals surface area contributed by atoms with Gasteiger partial charge in [-0.25, -0.2) is 0 Å². The molecule has 0 spiro atoms. The molecule has 0 bridgehead atoms. The average Bonchev–Trinajstić information content (AvgIpc) is 1.85. The van der Waals surface area contributed by atoms with E-state index in [0.29, 0.717) is 12.2 Å². The Bertz CT molecular complexity index is 109. The van der Waals surface area contributed by atoms with Crippen LogP contribution in [0.5, 0.6) is 0 Å². The van der Waals surface area contributed by atoms with Gasteiger partial charge in [0.05, 0.1) is 18.8 Å². The lowest BCUT2D eigenvalue weighted by Crippen LogP contribution is -2.46. The molecule has 1 saturated heterocycles. The fourth-order valence-electron chi connectivity index (χ4n) is 1.61. The van der Waals surface area contributed by atoms with E-state index in [4.69, 9.17) is 9.84 Å². The maximum absolute atomic E-state index is 8.71. The third-order valence-corrected chi connectivity index (χ3v) is 1.91. The minimum atomic E-state index is 0.249. The van der Waals surface area contributed by atoms with Gasteiger partial charge in [0, 0.05) is 19.6 Å². The van der Waals surface area contributed by atoms with Crippen LogP contribution in [0.15, 0.2) is 0 Å². The number of hydrogen-bond acceptors (Lipinski definition) is 3. The molecule has 0 aliphatic carbocycles. The second kappa shape index (κ2) is 4.04. The van der Waals surface area contributed by atoms with Crippen molar-refractivity contribution in [3.05, 3.63) is 0 Å². The number of nitrogens with zero attached hydrogens (tertiary/aromatic N) is 1. The minimum Gasteiger partial charge on any atom is -0.395 e. The maximum Gasteiger partial charge on any atom is 0.0678 e. The van der Waals surface area contributed by atoms with E-state index in [9.17, 15) is 0 Å². The molecular formula is C8H17NO2. The summed E-state index contributed by atoms with van der Waals surface area (Å²) in [6.45, 7) is 7.06. The Morgan fingerprint density at radius 1 is 1.36 bits per heavy atom. The average molecular weight is 159 g/mol. The van der Waals surface area contributed by atoms with Crippen molar-refractivity contribution in [1.82, 2.24) is 4.90 Å². The molecule has 0 aromatic rings. The molecule has 1 rings (SSSR count). The quantitative estimate of drug-likeness (QED) is 0.619. The summed E-state index contributed by atoms with van der Waals surface area (Å²) in [7, 11) is 0. The van der Waals surface area contributed by atoms with E-state index in [1.54, 1.807) is 0 Å². The Morgan fingerprint density at radius 3 is 2.36 bits per heavy atom. The molecule has 1 fully saturated rings. The molecule has 0 radical (unpaired) electrons. The van der Waals surface area contributed by atoms with Crippen LogP contribution >= 0.6 is 0 Å². The fraction of sp³-hybridized carbons (Fsp3) is 1.00. The van der Waals surface area contributed by atoms with Gasteiger partial charge in [0.25, 0.3) is 0 Å². The van der Waals surface area contributed by atoms with Gasteiger partial charge in [-0.1, -0.05) is 0 Å². The summed E-state index contributed by atoms with van der Waals surface area (Å²) in [5, 5.41) is 8.71. The Hall–Kier alpha value is -0.120. The Labute approximate surface area is 68.0 Å². The van der Waals surface area contributed by atoms with Gasteiger partial charge in [0.15, 0.2) is 0 Å². The largest absolute Gasteiger partial charge is 0.395 e. The van der Waals surface area contributed by atoms with E-state index < -0.39 is 0 Å². The van der Waals surface area contributed by atoms with Crippen LogP contribution < -0.4 is 0 Å². The van der Waals surface area contributed by atoms with Crippen LogP contribution in [0.25, 0.3) is 0 Å². The second-order valence-corrected chi connectivity index (χ2v) is 3.24. The van der Waals surface area contributed by atoms with Gasteiger partial charge < -0.3 is 9.84 Å². The molecule has 0 amide bonds. The van der Waals surface area contributed by atoms with Crippen LogP contribution in [-0.4, -0.2) is 48.5 Å². The van der Waals surface area contributed by atoms with Crippen molar-refractivity contribution in [2.24, 2.45) is 0 Å². The molecule has 1 aliphatic heterocycles. The summed E-state index contributed by atoms with van der Waals surface area (Å²) < 4.78 is 5.54. The van der Waals surface area contributed by atoms with Crippen LogP contribution in [0.2, 0.25) is 0 Å². The molecule has 0 aromatic heterocycles. The van der Waals surface area contributed by atoms with Crippen molar-refractivity contribution < 1.29 is 9.84 Å². The highest BCUT2D eigenvalue weighted by Crippen LogP contribution is 2.09. The third-order valence-electron chi connectivity index (χ3n) is 1.91. The van der Waals surface area contributed by atoms with Gasteiger partial charge in [-0.2, -0.15) is 0 Å². The van der Waals surface area contributed by atoms with Gasteiger partial charge in [-0.3, -0.25) is 4.90 Å².